The Morgan fingerprint density at radius 3 is 2.41 bits per heavy atom. The van der Waals surface area contributed by atoms with Crippen LogP contribution in [0.3, 0.4) is 0 Å². The van der Waals surface area contributed by atoms with Crippen molar-refractivity contribution in [1.82, 2.24) is 4.98 Å². The molecule has 0 amide bonds. The first kappa shape index (κ1) is 20.7. The van der Waals surface area contributed by atoms with Crippen molar-refractivity contribution in [3.8, 4) is 0 Å². The van der Waals surface area contributed by atoms with Crippen molar-refractivity contribution < 1.29 is 22.0 Å². The number of halogens is 2. The molecule has 0 radical (unpaired) electrons. The van der Waals surface area contributed by atoms with E-state index < -0.39 is 33.4 Å². The van der Waals surface area contributed by atoms with Crippen molar-refractivity contribution in [3.05, 3.63) is 88.2 Å². The highest BCUT2D eigenvalue weighted by Gasteiger charge is 2.25. The van der Waals surface area contributed by atoms with Gasteiger partial charge in [-0.05, 0) is 30.7 Å². The van der Waals surface area contributed by atoms with E-state index in [2.05, 4.69) is 4.98 Å². The number of nitrogens with one attached hydrogen (secondary N) is 2. The van der Waals surface area contributed by atoms with Gasteiger partial charge in [-0.1, -0.05) is 37.3 Å². The van der Waals surface area contributed by atoms with E-state index in [4.69, 9.17) is 5.14 Å². The fourth-order valence-electron chi connectivity index (χ4n) is 3.14. The van der Waals surface area contributed by atoms with Gasteiger partial charge in [-0.25, -0.2) is 13.9 Å². The molecule has 1 unspecified atom stereocenters. The molecule has 0 aliphatic heterocycles. The number of nitrogens with two attached hydrogens (primary N) is 1. The highest BCUT2D eigenvalue weighted by atomic mass is 32.2. The summed E-state index contributed by atoms with van der Waals surface area (Å²) in [6.07, 6.45) is 0. The lowest BCUT2D eigenvalue weighted by atomic mass is 9.96. The molecule has 0 bridgehead atoms. The predicted octanol–water partition coefficient (Wildman–Crippen LogP) is 3.60. The van der Waals surface area contributed by atoms with E-state index in [0.29, 0.717) is 22.5 Å². The third-order valence-electron chi connectivity index (χ3n) is 4.58. The van der Waals surface area contributed by atoms with Crippen LogP contribution in [0.4, 0.5) is 14.5 Å². The van der Waals surface area contributed by atoms with E-state index in [1.165, 1.54) is 0 Å². The zero-order valence-corrected chi connectivity index (χ0v) is 16.5. The van der Waals surface area contributed by atoms with E-state index in [0.717, 1.165) is 12.1 Å². The molecule has 1 aromatic heterocycles. The number of benzene rings is 2. The van der Waals surface area contributed by atoms with Crippen LogP contribution in [-0.2, 0) is 10.2 Å². The highest BCUT2D eigenvalue weighted by Crippen LogP contribution is 2.33. The summed E-state index contributed by atoms with van der Waals surface area (Å²) < 4.78 is 53.5. The number of hydrogen-bond donors (Lipinski definition) is 3. The number of hydrogen-bond acceptors (Lipinski definition) is 3. The number of aromatic nitrogens is 1. The molecule has 3 aromatic rings. The molecule has 1 heterocycles. The van der Waals surface area contributed by atoms with Gasteiger partial charge in [0.1, 0.15) is 5.82 Å². The number of carbonyl (C=O) groups excluding carboxylic acids is 1. The van der Waals surface area contributed by atoms with Crippen LogP contribution in [-0.4, -0.2) is 19.2 Å². The van der Waals surface area contributed by atoms with Crippen LogP contribution in [0.1, 0.15) is 45.7 Å². The zero-order chi connectivity index (χ0) is 21.3. The summed E-state index contributed by atoms with van der Waals surface area (Å²) >= 11 is 0. The predicted molar refractivity (Wildman–Crippen MR) is 106 cm³/mol. The number of rotatable bonds is 6. The van der Waals surface area contributed by atoms with Crippen molar-refractivity contribution >= 4 is 21.7 Å². The number of carbonyl (C=O) groups is 1. The average Bonchev–Trinajstić information content (AvgIpc) is 3.05. The Morgan fingerprint density at radius 2 is 1.79 bits per heavy atom. The maximum atomic E-state index is 14.8. The third kappa shape index (κ3) is 4.36. The van der Waals surface area contributed by atoms with E-state index >= 15 is 0 Å². The molecule has 152 valence electrons. The number of aryl methyl sites for hydroxylation is 1. The second kappa shape index (κ2) is 7.76. The average molecular weight is 419 g/mol. The van der Waals surface area contributed by atoms with Gasteiger partial charge < -0.3 is 4.98 Å². The Hall–Kier alpha value is -3.04. The number of anilines is 1. The summed E-state index contributed by atoms with van der Waals surface area (Å²) in [5, 5.41) is 4.88. The van der Waals surface area contributed by atoms with Gasteiger partial charge in [-0.3, -0.25) is 9.52 Å². The zero-order valence-electron chi connectivity index (χ0n) is 15.7. The minimum atomic E-state index is -4.23. The maximum absolute atomic E-state index is 14.8. The van der Waals surface area contributed by atoms with Crippen molar-refractivity contribution in [2.24, 2.45) is 5.14 Å². The van der Waals surface area contributed by atoms with Gasteiger partial charge in [0.15, 0.2) is 5.82 Å². The quantitative estimate of drug-likeness (QED) is 0.532. The molecule has 4 N–H and O–H groups in total. The molecule has 0 spiro atoms. The summed E-state index contributed by atoms with van der Waals surface area (Å²) in [5.74, 6) is -2.99. The fraction of sp³-hybridized carbons (Fsp3) is 0.150. The van der Waals surface area contributed by atoms with Crippen LogP contribution in [0.25, 0.3) is 0 Å². The molecule has 9 heteroatoms. The third-order valence-corrected chi connectivity index (χ3v) is 5.08. The summed E-state index contributed by atoms with van der Waals surface area (Å²) in [6, 6.07) is 12.2. The SMILES string of the molecule is Cc1cc(C(C)c2c(F)ccc(NS(N)(=O)=O)c2F)[nH]c1C(=O)c1ccccc1. The molecular formula is C20H19F2N3O3S. The Kier molecular flexibility index (Phi) is 5.54. The molecule has 1 atom stereocenters. The van der Waals surface area contributed by atoms with Crippen LogP contribution >= 0.6 is 0 Å². The number of H-pyrrole nitrogens is 1. The van der Waals surface area contributed by atoms with E-state index in [9.17, 15) is 22.0 Å². The first-order valence-electron chi connectivity index (χ1n) is 8.66. The number of aromatic amines is 1. The largest absolute Gasteiger partial charge is 0.355 e. The first-order chi connectivity index (χ1) is 13.6. The smallest absolute Gasteiger partial charge is 0.296 e. The van der Waals surface area contributed by atoms with E-state index in [-0.39, 0.29) is 11.3 Å². The lowest BCUT2D eigenvalue weighted by Gasteiger charge is -2.15. The number of ketones is 1. The molecule has 0 aliphatic rings. The minimum Gasteiger partial charge on any atom is -0.355 e. The van der Waals surface area contributed by atoms with E-state index in [1.54, 1.807) is 50.2 Å². The topological polar surface area (TPSA) is 105 Å². The van der Waals surface area contributed by atoms with Gasteiger partial charge in [-0.15, -0.1) is 0 Å². The van der Waals surface area contributed by atoms with Gasteiger partial charge >= 0.3 is 0 Å². The maximum Gasteiger partial charge on any atom is 0.296 e. The summed E-state index contributed by atoms with van der Waals surface area (Å²) in [6.45, 7) is 3.26. The molecule has 0 saturated heterocycles. The molecule has 29 heavy (non-hydrogen) atoms. The van der Waals surface area contributed by atoms with Crippen molar-refractivity contribution in [2.75, 3.05) is 4.72 Å². The standard InChI is InChI=1S/C20H19F2N3O3S/c1-11-10-16(24-19(11)20(26)13-6-4-3-5-7-13)12(2)17-14(21)8-9-15(18(17)22)25-29(23,27)28/h3-10,12,24-25H,1-2H3,(H2,23,27,28). The van der Waals surface area contributed by atoms with Gasteiger partial charge in [-0.2, -0.15) is 8.42 Å². The second-order valence-electron chi connectivity index (χ2n) is 6.67. The lowest BCUT2D eigenvalue weighted by Crippen LogP contribution is -2.23. The van der Waals surface area contributed by atoms with Gasteiger partial charge in [0.05, 0.1) is 11.4 Å². The van der Waals surface area contributed by atoms with Crippen LogP contribution < -0.4 is 9.86 Å². The summed E-state index contributed by atoms with van der Waals surface area (Å²) in [7, 11) is -4.23. The highest BCUT2D eigenvalue weighted by molar-refractivity contribution is 7.90. The molecule has 0 aliphatic carbocycles. The fourth-order valence-corrected chi connectivity index (χ4v) is 3.61. The Bertz CT molecular complexity index is 1180. The van der Waals surface area contributed by atoms with Crippen LogP contribution in [0.2, 0.25) is 0 Å². The molecule has 6 nitrogen and oxygen atoms in total. The summed E-state index contributed by atoms with van der Waals surface area (Å²) in [5.41, 5.74) is 1.02. The first-order valence-corrected chi connectivity index (χ1v) is 10.2. The monoisotopic (exact) mass is 419 g/mol. The van der Waals surface area contributed by atoms with Crippen LogP contribution in [0, 0.1) is 18.6 Å². The normalized spacial score (nSPS) is 12.6. The van der Waals surface area contributed by atoms with Crippen molar-refractivity contribution in [3.63, 3.8) is 0 Å². The van der Waals surface area contributed by atoms with E-state index in [1.807, 2.05) is 4.72 Å². The molecular weight excluding hydrogens is 400 g/mol. The van der Waals surface area contributed by atoms with Gasteiger partial charge in [0.25, 0.3) is 10.2 Å². The van der Waals surface area contributed by atoms with Gasteiger partial charge in [0.2, 0.25) is 5.78 Å². The Labute approximate surface area is 166 Å². The van der Waals surface area contributed by atoms with Crippen LogP contribution in [0.5, 0.6) is 0 Å². The van der Waals surface area contributed by atoms with Gasteiger partial charge in [0, 0.05) is 22.7 Å². The molecule has 2 aromatic carbocycles. The second-order valence-corrected chi connectivity index (χ2v) is 7.96. The van der Waals surface area contributed by atoms with Crippen LogP contribution in [0.15, 0.2) is 48.5 Å². The molecule has 3 rings (SSSR count). The van der Waals surface area contributed by atoms with Crippen molar-refractivity contribution in [1.29, 1.82) is 0 Å². The minimum absolute atomic E-state index is 0.243. The lowest BCUT2D eigenvalue weighted by molar-refractivity contribution is 0.103. The molecule has 0 fully saturated rings. The molecule has 0 saturated carbocycles. The van der Waals surface area contributed by atoms with Crippen molar-refractivity contribution in [2.45, 2.75) is 19.8 Å². The Balaban J connectivity index is 2.01. The Morgan fingerprint density at radius 1 is 1.14 bits per heavy atom. The summed E-state index contributed by atoms with van der Waals surface area (Å²) in [4.78, 5) is 15.7.